The minimum absolute atomic E-state index is 0.910. The third-order valence-corrected chi connectivity index (χ3v) is 5.70. The van der Waals surface area contributed by atoms with Crippen molar-refractivity contribution in [2.24, 2.45) is 0 Å². The Morgan fingerprint density at radius 1 is 0.393 bits per heavy atom. The SMILES string of the molecule is BrCc1ccc(-c2ccccc2)cc1.BrCc1cccc(-c2ccccc2)c1. The quantitative estimate of drug-likeness (QED) is 0.250. The van der Waals surface area contributed by atoms with Gasteiger partial charge in [-0.05, 0) is 33.4 Å². The van der Waals surface area contributed by atoms with Crippen LogP contribution in [0.25, 0.3) is 22.3 Å². The monoisotopic (exact) mass is 492 g/mol. The van der Waals surface area contributed by atoms with Gasteiger partial charge in [0.25, 0.3) is 0 Å². The van der Waals surface area contributed by atoms with Crippen molar-refractivity contribution in [2.75, 3.05) is 0 Å². The lowest BCUT2D eigenvalue weighted by atomic mass is 10.0. The molecule has 0 heterocycles. The summed E-state index contributed by atoms with van der Waals surface area (Å²) >= 11 is 6.90. The summed E-state index contributed by atoms with van der Waals surface area (Å²) < 4.78 is 0. The summed E-state index contributed by atoms with van der Waals surface area (Å²) in [6.07, 6.45) is 0. The van der Waals surface area contributed by atoms with Gasteiger partial charge in [0.2, 0.25) is 0 Å². The van der Waals surface area contributed by atoms with Gasteiger partial charge in [-0.2, -0.15) is 0 Å². The van der Waals surface area contributed by atoms with Crippen LogP contribution in [0.15, 0.2) is 109 Å². The van der Waals surface area contributed by atoms with Gasteiger partial charge in [-0.15, -0.1) is 0 Å². The van der Waals surface area contributed by atoms with E-state index in [4.69, 9.17) is 0 Å². The molecule has 4 rings (SSSR count). The molecule has 140 valence electrons. The summed E-state index contributed by atoms with van der Waals surface area (Å²) in [6, 6.07) is 38.0. The number of hydrogen-bond acceptors (Lipinski definition) is 0. The largest absolute Gasteiger partial charge is 0.0876 e. The molecule has 0 unspecified atom stereocenters. The van der Waals surface area contributed by atoms with Crippen molar-refractivity contribution in [3.8, 4) is 22.3 Å². The predicted molar refractivity (Wildman–Crippen MR) is 129 cm³/mol. The first-order chi connectivity index (χ1) is 13.8. The molecule has 0 bridgehead atoms. The van der Waals surface area contributed by atoms with Crippen molar-refractivity contribution in [3.05, 3.63) is 120 Å². The molecule has 0 N–H and O–H groups in total. The Bertz CT molecular complexity index is 962. The molecule has 0 radical (unpaired) electrons. The molecule has 4 aromatic rings. The molecule has 0 spiro atoms. The first-order valence-electron chi connectivity index (χ1n) is 9.21. The Morgan fingerprint density at radius 3 is 1.39 bits per heavy atom. The Kier molecular flexibility index (Phi) is 8.07. The number of benzene rings is 4. The van der Waals surface area contributed by atoms with Gasteiger partial charge in [-0.3, -0.25) is 0 Å². The maximum absolute atomic E-state index is 3.46. The Labute approximate surface area is 184 Å². The van der Waals surface area contributed by atoms with E-state index in [0.717, 1.165) is 10.7 Å². The van der Waals surface area contributed by atoms with Crippen LogP contribution in [0.1, 0.15) is 11.1 Å². The molecule has 0 saturated heterocycles. The highest BCUT2D eigenvalue weighted by Gasteiger charge is 1.97. The fourth-order valence-electron chi connectivity index (χ4n) is 2.88. The molecule has 0 amide bonds. The van der Waals surface area contributed by atoms with Crippen LogP contribution >= 0.6 is 31.9 Å². The van der Waals surface area contributed by atoms with Crippen LogP contribution in [0.4, 0.5) is 0 Å². The van der Waals surface area contributed by atoms with Crippen molar-refractivity contribution in [2.45, 2.75) is 10.7 Å². The molecular formula is C26H22Br2. The molecule has 0 aromatic heterocycles. The fraction of sp³-hybridized carbons (Fsp3) is 0.0769. The standard InChI is InChI=1S/2C13H11Br/c14-10-11-5-4-8-13(9-11)12-6-2-1-3-7-12;14-10-11-6-8-13(9-7-11)12-4-2-1-3-5-12/h2*1-9H,10H2. The van der Waals surface area contributed by atoms with Crippen LogP contribution < -0.4 is 0 Å². The summed E-state index contributed by atoms with van der Waals surface area (Å²) in [7, 11) is 0. The maximum Gasteiger partial charge on any atom is 0.0283 e. The Balaban J connectivity index is 0.000000161. The number of hydrogen-bond donors (Lipinski definition) is 0. The van der Waals surface area contributed by atoms with Gasteiger partial charge >= 0.3 is 0 Å². The molecule has 0 aliphatic heterocycles. The number of alkyl halides is 2. The van der Waals surface area contributed by atoms with Gasteiger partial charge in [0.1, 0.15) is 0 Å². The number of rotatable bonds is 4. The molecule has 0 aliphatic rings. The summed E-state index contributed by atoms with van der Waals surface area (Å²) in [5.41, 5.74) is 7.72. The molecular weight excluding hydrogens is 472 g/mol. The zero-order valence-corrected chi connectivity index (χ0v) is 18.7. The maximum atomic E-state index is 3.46. The van der Waals surface area contributed by atoms with Gasteiger partial charge in [0.15, 0.2) is 0 Å². The van der Waals surface area contributed by atoms with Crippen LogP contribution in [0.5, 0.6) is 0 Å². The average Bonchev–Trinajstić information content (AvgIpc) is 2.81. The van der Waals surface area contributed by atoms with E-state index in [0.29, 0.717) is 0 Å². The Morgan fingerprint density at radius 2 is 0.857 bits per heavy atom. The van der Waals surface area contributed by atoms with Gasteiger partial charge in [-0.25, -0.2) is 0 Å². The molecule has 4 aromatic carbocycles. The third kappa shape index (κ3) is 5.92. The van der Waals surface area contributed by atoms with E-state index in [2.05, 4.69) is 129 Å². The average molecular weight is 494 g/mol. The molecule has 0 saturated carbocycles. The highest BCUT2D eigenvalue weighted by atomic mass is 79.9. The van der Waals surface area contributed by atoms with Crippen LogP contribution in [0.3, 0.4) is 0 Å². The summed E-state index contributed by atoms with van der Waals surface area (Å²) in [5, 5.41) is 1.83. The second kappa shape index (κ2) is 11.0. The summed E-state index contributed by atoms with van der Waals surface area (Å²) in [6.45, 7) is 0. The Hall–Kier alpha value is -2.16. The van der Waals surface area contributed by atoms with E-state index in [1.807, 2.05) is 12.1 Å². The zero-order chi connectivity index (χ0) is 19.6. The van der Waals surface area contributed by atoms with Crippen LogP contribution in [-0.4, -0.2) is 0 Å². The van der Waals surface area contributed by atoms with Gasteiger partial charge in [0, 0.05) is 10.7 Å². The topological polar surface area (TPSA) is 0 Å². The van der Waals surface area contributed by atoms with Gasteiger partial charge in [-0.1, -0.05) is 141 Å². The molecule has 28 heavy (non-hydrogen) atoms. The predicted octanol–water partition coefficient (Wildman–Crippen LogP) is 8.50. The smallest absolute Gasteiger partial charge is 0.0283 e. The lowest BCUT2D eigenvalue weighted by Crippen LogP contribution is -1.80. The molecule has 0 atom stereocenters. The van der Waals surface area contributed by atoms with Crippen molar-refractivity contribution in [3.63, 3.8) is 0 Å². The second-order valence-electron chi connectivity index (χ2n) is 6.40. The summed E-state index contributed by atoms with van der Waals surface area (Å²) in [5.74, 6) is 0. The lowest BCUT2D eigenvalue weighted by Gasteiger charge is -2.02. The van der Waals surface area contributed by atoms with E-state index in [1.165, 1.54) is 33.4 Å². The highest BCUT2D eigenvalue weighted by molar-refractivity contribution is 9.08. The van der Waals surface area contributed by atoms with Crippen molar-refractivity contribution < 1.29 is 0 Å². The van der Waals surface area contributed by atoms with E-state index >= 15 is 0 Å². The van der Waals surface area contributed by atoms with Crippen LogP contribution in [0.2, 0.25) is 0 Å². The van der Waals surface area contributed by atoms with E-state index in [9.17, 15) is 0 Å². The van der Waals surface area contributed by atoms with Gasteiger partial charge in [0.05, 0.1) is 0 Å². The van der Waals surface area contributed by atoms with Crippen LogP contribution in [0, 0.1) is 0 Å². The fourth-order valence-corrected chi connectivity index (χ4v) is 3.60. The molecule has 2 heteroatoms. The zero-order valence-electron chi connectivity index (χ0n) is 15.6. The lowest BCUT2D eigenvalue weighted by molar-refractivity contribution is 1.43. The summed E-state index contributed by atoms with van der Waals surface area (Å²) in [4.78, 5) is 0. The normalized spacial score (nSPS) is 10.1. The van der Waals surface area contributed by atoms with Crippen molar-refractivity contribution >= 4 is 31.9 Å². The van der Waals surface area contributed by atoms with Crippen LogP contribution in [-0.2, 0) is 10.7 Å². The first kappa shape index (κ1) is 20.6. The minimum atomic E-state index is 0.910. The van der Waals surface area contributed by atoms with E-state index in [-0.39, 0.29) is 0 Å². The first-order valence-corrected chi connectivity index (χ1v) is 11.4. The molecule has 0 fully saturated rings. The molecule has 0 aliphatic carbocycles. The van der Waals surface area contributed by atoms with Crippen molar-refractivity contribution in [1.29, 1.82) is 0 Å². The highest BCUT2D eigenvalue weighted by Crippen LogP contribution is 2.21. The van der Waals surface area contributed by atoms with E-state index < -0.39 is 0 Å². The van der Waals surface area contributed by atoms with Crippen molar-refractivity contribution in [1.82, 2.24) is 0 Å². The molecule has 0 nitrogen and oxygen atoms in total. The van der Waals surface area contributed by atoms with E-state index in [1.54, 1.807) is 0 Å². The minimum Gasteiger partial charge on any atom is -0.0876 e. The second-order valence-corrected chi connectivity index (χ2v) is 7.52. The third-order valence-electron chi connectivity index (χ3n) is 4.40. The van der Waals surface area contributed by atoms with Gasteiger partial charge < -0.3 is 0 Å². The number of halogens is 2.